The van der Waals surface area contributed by atoms with Crippen LogP contribution in [0, 0.1) is 5.82 Å². The third kappa shape index (κ3) is 5.43. The van der Waals surface area contributed by atoms with Gasteiger partial charge in [-0.25, -0.2) is 17.8 Å². The van der Waals surface area contributed by atoms with E-state index < -0.39 is 21.7 Å². The van der Waals surface area contributed by atoms with E-state index in [-0.39, 0.29) is 21.5 Å². The van der Waals surface area contributed by atoms with Crippen LogP contribution in [0.3, 0.4) is 0 Å². The Morgan fingerprint density at radius 2 is 1.97 bits per heavy atom. The van der Waals surface area contributed by atoms with Crippen LogP contribution in [0.1, 0.15) is 5.69 Å². The zero-order valence-electron chi connectivity index (χ0n) is 15.0. The van der Waals surface area contributed by atoms with E-state index in [0.717, 1.165) is 17.4 Å². The Labute approximate surface area is 175 Å². The maximum atomic E-state index is 13.2. The van der Waals surface area contributed by atoms with E-state index in [4.69, 9.17) is 16.3 Å². The van der Waals surface area contributed by atoms with Gasteiger partial charge < -0.3 is 10.1 Å². The molecule has 0 atom stereocenters. The lowest BCUT2D eigenvalue weighted by atomic mass is 10.2. The fourth-order valence-electron chi connectivity index (χ4n) is 2.31. The molecule has 0 bridgehead atoms. The third-order valence-corrected chi connectivity index (χ3v) is 6.27. The van der Waals surface area contributed by atoms with Gasteiger partial charge in [0.05, 0.1) is 29.1 Å². The van der Waals surface area contributed by atoms with Crippen LogP contribution in [-0.4, -0.2) is 26.4 Å². The first-order valence-electron chi connectivity index (χ1n) is 8.13. The van der Waals surface area contributed by atoms with Gasteiger partial charge in [-0.1, -0.05) is 11.6 Å². The highest BCUT2D eigenvalue weighted by atomic mass is 35.5. The van der Waals surface area contributed by atoms with Gasteiger partial charge in [0.1, 0.15) is 11.6 Å². The number of benzene rings is 2. The Balaban J connectivity index is 1.63. The number of rotatable bonds is 7. The lowest BCUT2D eigenvalue weighted by Gasteiger charge is -2.06. The Kier molecular flexibility index (Phi) is 6.36. The van der Waals surface area contributed by atoms with Crippen molar-refractivity contribution in [1.82, 2.24) is 4.98 Å². The van der Waals surface area contributed by atoms with Crippen molar-refractivity contribution >= 4 is 49.7 Å². The molecule has 1 heterocycles. The van der Waals surface area contributed by atoms with Gasteiger partial charge in [0.25, 0.3) is 10.0 Å². The summed E-state index contributed by atoms with van der Waals surface area (Å²) < 4.78 is 45.4. The zero-order chi connectivity index (χ0) is 21.0. The van der Waals surface area contributed by atoms with Gasteiger partial charge >= 0.3 is 0 Å². The molecule has 0 saturated carbocycles. The normalized spacial score (nSPS) is 11.1. The molecule has 0 radical (unpaired) electrons. The van der Waals surface area contributed by atoms with E-state index in [1.807, 2.05) is 0 Å². The monoisotopic (exact) mass is 455 g/mol. The van der Waals surface area contributed by atoms with Gasteiger partial charge in [-0.2, -0.15) is 0 Å². The smallest absolute Gasteiger partial charge is 0.263 e. The second-order valence-corrected chi connectivity index (χ2v) is 8.73. The molecule has 1 amide bonds. The lowest BCUT2D eigenvalue weighted by molar-refractivity contribution is -0.115. The average molecular weight is 456 g/mol. The van der Waals surface area contributed by atoms with Gasteiger partial charge in [-0.15, -0.1) is 11.3 Å². The molecule has 3 rings (SSSR count). The Bertz CT molecular complexity index is 1130. The van der Waals surface area contributed by atoms with Crippen LogP contribution in [0.15, 0.2) is 52.7 Å². The number of carbonyl (C=O) groups is 1. The summed E-state index contributed by atoms with van der Waals surface area (Å²) in [5, 5.41) is 4.18. The number of thiazole rings is 1. The molecule has 2 aromatic carbocycles. The molecule has 0 unspecified atom stereocenters. The van der Waals surface area contributed by atoms with Crippen LogP contribution in [0.25, 0.3) is 0 Å². The zero-order valence-corrected chi connectivity index (χ0v) is 17.4. The van der Waals surface area contributed by atoms with E-state index in [0.29, 0.717) is 17.1 Å². The van der Waals surface area contributed by atoms with Crippen LogP contribution in [0.4, 0.5) is 15.2 Å². The maximum absolute atomic E-state index is 13.2. The summed E-state index contributed by atoms with van der Waals surface area (Å²) in [7, 11) is -2.33. The van der Waals surface area contributed by atoms with E-state index in [9.17, 15) is 17.6 Å². The molecule has 0 aliphatic rings. The maximum Gasteiger partial charge on any atom is 0.263 e. The fourth-order valence-corrected chi connectivity index (χ4v) is 4.45. The quantitative estimate of drug-likeness (QED) is 0.562. The number of amides is 1. The number of anilines is 2. The number of nitrogens with one attached hydrogen (secondary N) is 2. The summed E-state index contributed by atoms with van der Waals surface area (Å²) in [4.78, 5) is 16.3. The number of hydrogen-bond donors (Lipinski definition) is 2. The van der Waals surface area contributed by atoms with Crippen molar-refractivity contribution in [3.8, 4) is 5.75 Å². The van der Waals surface area contributed by atoms with Crippen molar-refractivity contribution in [3.63, 3.8) is 0 Å². The molecule has 152 valence electrons. The Hall–Kier alpha value is -2.69. The van der Waals surface area contributed by atoms with E-state index in [1.165, 1.54) is 43.5 Å². The second-order valence-electron chi connectivity index (χ2n) is 5.78. The summed E-state index contributed by atoms with van der Waals surface area (Å²) >= 11 is 6.74. The minimum atomic E-state index is -3.82. The van der Waals surface area contributed by atoms with Crippen molar-refractivity contribution in [2.24, 2.45) is 0 Å². The summed E-state index contributed by atoms with van der Waals surface area (Å²) in [5.74, 6) is -0.450. The molecule has 0 aliphatic heterocycles. The number of methoxy groups -OCH3 is 1. The topological polar surface area (TPSA) is 97.4 Å². The number of ether oxygens (including phenoxy) is 1. The van der Waals surface area contributed by atoms with Gasteiger partial charge in [0.15, 0.2) is 5.13 Å². The van der Waals surface area contributed by atoms with Crippen LogP contribution >= 0.6 is 22.9 Å². The molecule has 29 heavy (non-hydrogen) atoms. The predicted octanol–water partition coefficient (Wildman–Crippen LogP) is 3.93. The number of halogens is 2. The highest BCUT2D eigenvalue weighted by molar-refractivity contribution is 7.93. The number of sulfonamides is 1. The van der Waals surface area contributed by atoms with Crippen molar-refractivity contribution in [3.05, 3.63) is 64.4 Å². The van der Waals surface area contributed by atoms with Gasteiger partial charge in [-0.05, 0) is 42.5 Å². The van der Waals surface area contributed by atoms with E-state index in [1.54, 1.807) is 5.38 Å². The van der Waals surface area contributed by atoms with Crippen LogP contribution in [0.5, 0.6) is 5.75 Å². The summed E-state index contributed by atoms with van der Waals surface area (Å²) in [5.41, 5.74) is 0.727. The summed E-state index contributed by atoms with van der Waals surface area (Å²) in [6, 6.07) is 9.72. The predicted molar refractivity (Wildman–Crippen MR) is 110 cm³/mol. The van der Waals surface area contributed by atoms with Crippen molar-refractivity contribution in [1.29, 1.82) is 0 Å². The average Bonchev–Trinajstić information content (AvgIpc) is 3.10. The fraction of sp³-hybridized carbons (Fsp3) is 0.111. The Morgan fingerprint density at radius 1 is 1.24 bits per heavy atom. The minimum absolute atomic E-state index is 0.0565. The number of carbonyl (C=O) groups excluding carboxylic acids is 1. The second kappa shape index (κ2) is 8.76. The van der Waals surface area contributed by atoms with Crippen LogP contribution in [0.2, 0.25) is 5.02 Å². The summed E-state index contributed by atoms with van der Waals surface area (Å²) in [6.45, 7) is 0. The first kappa shape index (κ1) is 21.0. The molecule has 11 heteroatoms. The molecule has 0 spiro atoms. The van der Waals surface area contributed by atoms with Crippen molar-refractivity contribution in [2.75, 3.05) is 17.1 Å². The standard InChI is InChI=1S/C18H15ClFN3O4S2/c1-27-13-3-5-14(6-4-13)29(25,26)23-18-22-12(10-28-18)9-17(24)21-11-2-7-16(20)15(19)8-11/h2-8,10H,9H2,1H3,(H,21,24)(H,22,23). The number of aromatic nitrogens is 1. The Morgan fingerprint density at radius 3 is 2.62 bits per heavy atom. The molecule has 3 aromatic rings. The largest absolute Gasteiger partial charge is 0.497 e. The van der Waals surface area contributed by atoms with E-state index in [2.05, 4.69) is 15.0 Å². The SMILES string of the molecule is COc1ccc(S(=O)(=O)Nc2nc(CC(=O)Nc3ccc(F)c(Cl)c3)cs2)cc1. The molecule has 0 fully saturated rings. The van der Waals surface area contributed by atoms with Crippen LogP contribution in [-0.2, 0) is 21.2 Å². The molecule has 1 aromatic heterocycles. The van der Waals surface area contributed by atoms with Gasteiger partial charge in [0, 0.05) is 11.1 Å². The van der Waals surface area contributed by atoms with Crippen molar-refractivity contribution in [2.45, 2.75) is 11.3 Å². The van der Waals surface area contributed by atoms with Gasteiger partial charge in [0.2, 0.25) is 5.91 Å². The molecule has 0 aliphatic carbocycles. The third-order valence-electron chi connectivity index (χ3n) is 3.69. The minimum Gasteiger partial charge on any atom is -0.497 e. The highest BCUT2D eigenvalue weighted by Crippen LogP contribution is 2.23. The first-order chi connectivity index (χ1) is 13.8. The number of hydrogen-bond acceptors (Lipinski definition) is 6. The summed E-state index contributed by atoms with van der Waals surface area (Å²) in [6.07, 6.45) is -0.0875. The van der Waals surface area contributed by atoms with Crippen LogP contribution < -0.4 is 14.8 Å². The van der Waals surface area contributed by atoms with E-state index >= 15 is 0 Å². The number of nitrogens with zero attached hydrogens (tertiary/aromatic N) is 1. The van der Waals surface area contributed by atoms with Crippen molar-refractivity contribution < 1.29 is 22.3 Å². The van der Waals surface area contributed by atoms with Gasteiger partial charge in [-0.3, -0.25) is 9.52 Å². The molecule has 2 N–H and O–H groups in total. The lowest BCUT2D eigenvalue weighted by Crippen LogP contribution is -2.15. The molecule has 0 saturated heterocycles. The molecule has 7 nitrogen and oxygen atoms in total. The molecular formula is C18H15ClFN3O4S2. The first-order valence-corrected chi connectivity index (χ1v) is 10.9. The highest BCUT2D eigenvalue weighted by Gasteiger charge is 2.17. The molecular weight excluding hydrogens is 441 g/mol.